The first kappa shape index (κ1) is 32.1. The maximum atomic E-state index is 2.40. The van der Waals surface area contributed by atoms with Crippen LogP contribution in [0.5, 0.6) is 0 Å². The summed E-state index contributed by atoms with van der Waals surface area (Å²) in [6.07, 6.45) is 0. The molecule has 248 valence electrons. The standard InChI is InChI=1S/C48H38N2.CH4/c1-31-11-19-35(20-12-31)49(36-21-13-32(2)14-22-36)45-29-27-41-40-8-6-10-44-46(30-28-42(48(40)44)39-7-5-9-43(45)47(39)41)50(37-23-15-33(3)16-24-37)38-25-17-34(4)18-26-38;/h5-30H,1-4H3;1H4. The van der Waals surface area contributed by atoms with Crippen molar-refractivity contribution < 1.29 is 0 Å². The number of nitrogens with zero attached hydrogens (tertiary/aromatic N) is 2. The van der Waals surface area contributed by atoms with Crippen LogP contribution < -0.4 is 9.80 Å². The van der Waals surface area contributed by atoms with Gasteiger partial charge in [-0.25, -0.2) is 0 Å². The van der Waals surface area contributed by atoms with Gasteiger partial charge in [0.2, 0.25) is 0 Å². The second kappa shape index (κ2) is 12.6. The highest BCUT2D eigenvalue weighted by Gasteiger charge is 2.22. The fraction of sp³-hybridized carbons (Fsp3) is 0.102. The number of hydrogen-bond acceptors (Lipinski definition) is 2. The maximum absolute atomic E-state index is 2.40. The van der Waals surface area contributed by atoms with Gasteiger partial charge in [-0.2, -0.15) is 0 Å². The summed E-state index contributed by atoms with van der Waals surface area (Å²) in [4.78, 5) is 4.81. The van der Waals surface area contributed by atoms with Crippen molar-refractivity contribution in [2.24, 2.45) is 0 Å². The summed E-state index contributed by atoms with van der Waals surface area (Å²) in [6, 6.07) is 58.5. The molecule has 0 aromatic heterocycles. The maximum Gasteiger partial charge on any atom is 0.0540 e. The summed E-state index contributed by atoms with van der Waals surface area (Å²) in [6.45, 7) is 8.58. The first-order valence-electron chi connectivity index (χ1n) is 17.4. The van der Waals surface area contributed by atoms with E-state index in [9.17, 15) is 0 Å². The Morgan fingerprint density at radius 1 is 0.275 bits per heavy atom. The molecule has 0 bridgehead atoms. The van der Waals surface area contributed by atoms with Gasteiger partial charge in [0.15, 0.2) is 0 Å². The summed E-state index contributed by atoms with van der Waals surface area (Å²) >= 11 is 0. The van der Waals surface area contributed by atoms with Gasteiger partial charge in [-0.3, -0.25) is 0 Å². The molecule has 2 heteroatoms. The Morgan fingerprint density at radius 3 is 0.824 bits per heavy atom. The summed E-state index contributed by atoms with van der Waals surface area (Å²) in [7, 11) is 0. The molecule has 0 fully saturated rings. The lowest BCUT2D eigenvalue weighted by atomic mass is 9.88. The third-order valence-corrected chi connectivity index (χ3v) is 10.3. The molecule has 9 rings (SSSR count). The van der Waals surface area contributed by atoms with Gasteiger partial charge in [0.05, 0.1) is 11.4 Å². The predicted molar refractivity (Wildman–Crippen MR) is 223 cm³/mol. The van der Waals surface area contributed by atoms with Crippen LogP contribution in [-0.4, -0.2) is 0 Å². The number of rotatable bonds is 6. The van der Waals surface area contributed by atoms with Gasteiger partial charge in [-0.1, -0.05) is 127 Å². The van der Waals surface area contributed by atoms with E-state index in [-0.39, 0.29) is 7.43 Å². The fourth-order valence-corrected chi connectivity index (χ4v) is 7.70. The van der Waals surface area contributed by atoms with Crippen LogP contribution in [0.4, 0.5) is 34.1 Å². The summed E-state index contributed by atoms with van der Waals surface area (Å²) in [5.74, 6) is 0. The van der Waals surface area contributed by atoms with Gasteiger partial charge < -0.3 is 9.80 Å². The molecule has 51 heavy (non-hydrogen) atoms. The van der Waals surface area contributed by atoms with Crippen molar-refractivity contribution in [3.8, 4) is 0 Å². The number of fused-ring (bicyclic) bond motifs is 2. The van der Waals surface area contributed by atoms with Crippen LogP contribution in [0, 0.1) is 27.7 Å². The minimum Gasteiger partial charge on any atom is -0.310 e. The molecular weight excluding hydrogens is 617 g/mol. The van der Waals surface area contributed by atoms with Crippen LogP contribution in [0.25, 0.3) is 43.1 Å². The molecule has 0 unspecified atom stereocenters. The zero-order valence-electron chi connectivity index (χ0n) is 28.9. The second-order valence-corrected chi connectivity index (χ2v) is 13.7. The van der Waals surface area contributed by atoms with Crippen molar-refractivity contribution in [2.45, 2.75) is 35.1 Å². The molecule has 0 saturated heterocycles. The van der Waals surface area contributed by atoms with Gasteiger partial charge in [0.1, 0.15) is 0 Å². The van der Waals surface area contributed by atoms with E-state index in [2.05, 4.69) is 195 Å². The summed E-state index contributed by atoms with van der Waals surface area (Å²) in [5.41, 5.74) is 12.0. The zero-order chi connectivity index (χ0) is 33.9. The highest BCUT2D eigenvalue weighted by molar-refractivity contribution is 6.35. The van der Waals surface area contributed by atoms with Crippen LogP contribution in [0.1, 0.15) is 29.7 Å². The van der Waals surface area contributed by atoms with Crippen molar-refractivity contribution in [3.63, 3.8) is 0 Å². The number of hydrogen-bond donors (Lipinski definition) is 0. The molecular formula is C49H42N2. The van der Waals surface area contributed by atoms with Crippen molar-refractivity contribution in [3.05, 3.63) is 180 Å². The molecule has 9 aromatic carbocycles. The van der Waals surface area contributed by atoms with Crippen molar-refractivity contribution in [1.29, 1.82) is 0 Å². The highest BCUT2D eigenvalue weighted by atomic mass is 15.1. The lowest BCUT2D eigenvalue weighted by Gasteiger charge is -2.29. The van der Waals surface area contributed by atoms with E-state index >= 15 is 0 Å². The average Bonchev–Trinajstić information content (AvgIpc) is 3.14. The van der Waals surface area contributed by atoms with Gasteiger partial charge in [-0.15, -0.1) is 0 Å². The Bertz CT molecular complexity index is 2350. The monoisotopic (exact) mass is 658 g/mol. The molecule has 0 spiro atoms. The van der Waals surface area contributed by atoms with Crippen LogP contribution in [-0.2, 0) is 0 Å². The van der Waals surface area contributed by atoms with Gasteiger partial charge in [-0.05, 0) is 121 Å². The third-order valence-electron chi connectivity index (χ3n) is 10.3. The van der Waals surface area contributed by atoms with Gasteiger partial charge in [0, 0.05) is 33.5 Å². The quantitative estimate of drug-likeness (QED) is 0.130. The minimum absolute atomic E-state index is 0. The summed E-state index contributed by atoms with van der Waals surface area (Å²) in [5, 5.41) is 10.2. The Hall–Kier alpha value is -6.12. The van der Waals surface area contributed by atoms with E-state index in [1.807, 2.05) is 0 Å². The Balaban J connectivity index is 0.00000374. The minimum atomic E-state index is 0. The summed E-state index contributed by atoms with van der Waals surface area (Å²) < 4.78 is 0. The number of anilines is 6. The van der Waals surface area contributed by atoms with Crippen LogP contribution in [0.15, 0.2) is 158 Å². The van der Waals surface area contributed by atoms with Crippen molar-refractivity contribution in [2.75, 3.05) is 9.80 Å². The molecule has 0 N–H and O–H groups in total. The van der Waals surface area contributed by atoms with Crippen LogP contribution >= 0.6 is 0 Å². The van der Waals surface area contributed by atoms with E-state index in [0.717, 1.165) is 22.7 Å². The molecule has 0 aliphatic carbocycles. The molecule has 0 aliphatic heterocycles. The molecule has 0 radical (unpaired) electrons. The predicted octanol–water partition coefficient (Wildman–Crippen LogP) is 14.5. The lowest BCUT2D eigenvalue weighted by molar-refractivity contribution is 1.28. The normalized spacial score (nSPS) is 11.4. The highest BCUT2D eigenvalue weighted by Crippen LogP contribution is 2.48. The first-order valence-corrected chi connectivity index (χ1v) is 17.4. The Kier molecular flexibility index (Phi) is 7.96. The second-order valence-electron chi connectivity index (χ2n) is 13.7. The fourth-order valence-electron chi connectivity index (χ4n) is 7.70. The van der Waals surface area contributed by atoms with Crippen LogP contribution in [0.3, 0.4) is 0 Å². The van der Waals surface area contributed by atoms with E-state index in [1.54, 1.807) is 0 Å². The van der Waals surface area contributed by atoms with E-state index < -0.39 is 0 Å². The van der Waals surface area contributed by atoms with Crippen molar-refractivity contribution in [1.82, 2.24) is 0 Å². The van der Waals surface area contributed by atoms with Crippen LogP contribution in [0.2, 0.25) is 0 Å². The molecule has 0 atom stereocenters. The molecule has 2 nitrogen and oxygen atoms in total. The molecule has 0 heterocycles. The SMILES string of the molecule is C.Cc1ccc(N(c2ccc(C)cc2)c2ccc3c4cccc5c(N(c6ccc(C)cc6)c6ccc(C)cc6)ccc(c6cccc2c63)c54)cc1. The van der Waals surface area contributed by atoms with Gasteiger partial charge in [0.25, 0.3) is 0 Å². The Morgan fingerprint density at radius 2 is 0.529 bits per heavy atom. The molecule has 0 aliphatic rings. The lowest BCUT2D eigenvalue weighted by Crippen LogP contribution is -2.11. The van der Waals surface area contributed by atoms with Gasteiger partial charge >= 0.3 is 0 Å². The largest absolute Gasteiger partial charge is 0.310 e. The van der Waals surface area contributed by atoms with Crippen molar-refractivity contribution >= 4 is 77.2 Å². The van der Waals surface area contributed by atoms with E-state index in [0.29, 0.717) is 0 Å². The average molecular weight is 659 g/mol. The number of aryl methyl sites for hydroxylation is 4. The van der Waals surface area contributed by atoms with E-state index in [4.69, 9.17) is 0 Å². The Labute approximate surface area is 301 Å². The zero-order valence-corrected chi connectivity index (χ0v) is 28.9. The number of benzene rings is 9. The molecule has 0 saturated carbocycles. The topological polar surface area (TPSA) is 6.48 Å². The smallest absolute Gasteiger partial charge is 0.0540 e. The first-order chi connectivity index (χ1) is 24.4. The third kappa shape index (κ3) is 5.36. The molecule has 9 aromatic rings. The molecule has 0 amide bonds. The van der Waals surface area contributed by atoms with E-state index in [1.165, 1.54) is 76.7 Å².